The Morgan fingerprint density at radius 1 is 1.39 bits per heavy atom. The summed E-state index contributed by atoms with van der Waals surface area (Å²) in [5, 5.41) is 11.6. The van der Waals surface area contributed by atoms with E-state index in [1.54, 1.807) is 0 Å². The molecular weight excluding hydrogens is 232 g/mol. The molecule has 5 heteroatoms. The first-order chi connectivity index (χ1) is 8.14. The second kappa shape index (κ2) is 5.16. The Kier molecular flexibility index (Phi) is 4.24. The monoisotopic (exact) mass is 256 g/mol. The minimum absolute atomic E-state index is 0.0661. The van der Waals surface area contributed by atoms with Crippen molar-refractivity contribution in [2.24, 2.45) is 0 Å². The van der Waals surface area contributed by atoms with Crippen LogP contribution < -0.4 is 5.32 Å². The van der Waals surface area contributed by atoms with E-state index in [-0.39, 0.29) is 18.0 Å². The fourth-order valence-corrected chi connectivity index (χ4v) is 2.32. The van der Waals surface area contributed by atoms with Gasteiger partial charge in [-0.05, 0) is 47.0 Å². The van der Waals surface area contributed by atoms with Crippen molar-refractivity contribution in [3.8, 4) is 0 Å². The standard InChI is InChI=1S/C13H24N2O3/c1-12(2,8-6-10(16)17)14-11(18)15-9-5-7-13(15,3)4/h5-9H2,1-4H3,(H,14,18)(H,16,17). The van der Waals surface area contributed by atoms with Crippen LogP contribution in [0.2, 0.25) is 0 Å². The van der Waals surface area contributed by atoms with Crippen molar-refractivity contribution in [1.82, 2.24) is 10.2 Å². The van der Waals surface area contributed by atoms with Crippen molar-refractivity contribution in [3.05, 3.63) is 0 Å². The molecule has 5 nitrogen and oxygen atoms in total. The molecule has 0 spiro atoms. The first-order valence-corrected chi connectivity index (χ1v) is 6.46. The molecule has 1 heterocycles. The van der Waals surface area contributed by atoms with E-state index in [4.69, 9.17) is 5.11 Å². The highest BCUT2D eigenvalue weighted by Crippen LogP contribution is 2.28. The molecule has 18 heavy (non-hydrogen) atoms. The summed E-state index contributed by atoms with van der Waals surface area (Å²) in [7, 11) is 0. The highest BCUT2D eigenvalue weighted by atomic mass is 16.4. The number of hydrogen-bond donors (Lipinski definition) is 2. The second-order valence-corrected chi connectivity index (χ2v) is 6.28. The highest BCUT2D eigenvalue weighted by Gasteiger charge is 2.37. The summed E-state index contributed by atoms with van der Waals surface area (Å²) < 4.78 is 0. The second-order valence-electron chi connectivity index (χ2n) is 6.28. The van der Waals surface area contributed by atoms with Gasteiger partial charge in [-0.1, -0.05) is 0 Å². The molecule has 0 aromatic rings. The van der Waals surface area contributed by atoms with Gasteiger partial charge in [0.05, 0.1) is 0 Å². The molecule has 1 aliphatic heterocycles. The zero-order chi connectivity index (χ0) is 14.0. The number of hydrogen-bond acceptors (Lipinski definition) is 2. The lowest BCUT2D eigenvalue weighted by Gasteiger charge is -2.35. The summed E-state index contributed by atoms with van der Waals surface area (Å²) in [6.07, 6.45) is 2.53. The van der Waals surface area contributed by atoms with Crippen molar-refractivity contribution in [3.63, 3.8) is 0 Å². The van der Waals surface area contributed by atoms with Crippen molar-refractivity contribution >= 4 is 12.0 Å². The molecule has 2 amide bonds. The molecule has 1 saturated heterocycles. The topological polar surface area (TPSA) is 69.6 Å². The number of urea groups is 1. The van der Waals surface area contributed by atoms with Crippen molar-refractivity contribution in [1.29, 1.82) is 0 Å². The number of aliphatic carboxylic acids is 1. The third kappa shape index (κ3) is 3.89. The zero-order valence-electron chi connectivity index (χ0n) is 11.7. The Bertz CT molecular complexity index is 337. The fourth-order valence-electron chi connectivity index (χ4n) is 2.32. The van der Waals surface area contributed by atoms with E-state index in [1.807, 2.05) is 18.7 Å². The Balaban J connectivity index is 2.55. The molecule has 1 rings (SSSR count). The average Bonchev–Trinajstić information content (AvgIpc) is 2.54. The molecule has 0 aliphatic carbocycles. The number of likely N-dealkylation sites (tertiary alicyclic amines) is 1. The lowest BCUT2D eigenvalue weighted by molar-refractivity contribution is -0.137. The van der Waals surface area contributed by atoms with Gasteiger partial charge in [0, 0.05) is 24.0 Å². The van der Waals surface area contributed by atoms with Crippen molar-refractivity contribution in [2.75, 3.05) is 6.54 Å². The molecule has 104 valence electrons. The van der Waals surface area contributed by atoms with Gasteiger partial charge in [-0.2, -0.15) is 0 Å². The third-order valence-corrected chi connectivity index (χ3v) is 3.56. The number of nitrogens with one attached hydrogen (secondary N) is 1. The van der Waals surface area contributed by atoms with Crippen LogP contribution in [0.3, 0.4) is 0 Å². The lowest BCUT2D eigenvalue weighted by Crippen LogP contribution is -2.54. The van der Waals surface area contributed by atoms with Gasteiger partial charge in [0.1, 0.15) is 0 Å². The number of carboxylic acids is 1. The van der Waals surface area contributed by atoms with Gasteiger partial charge in [-0.25, -0.2) is 4.79 Å². The van der Waals surface area contributed by atoms with Crippen LogP contribution in [-0.2, 0) is 4.79 Å². The average molecular weight is 256 g/mol. The first kappa shape index (κ1) is 14.8. The van der Waals surface area contributed by atoms with Crippen LogP contribution >= 0.6 is 0 Å². The van der Waals surface area contributed by atoms with Crippen LogP contribution in [0.15, 0.2) is 0 Å². The summed E-state index contributed by atoms with van der Waals surface area (Å²) in [5.74, 6) is -0.834. The van der Waals surface area contributed by atoms with Gasteiger partial charge in [0.2, 0.25) is 0 Å². The summed E-state index contributed by atoms with van der Waals surface area (Å²) in [4.78, 5) is 24.6. The first-order valence-electron chi connectivity index (χ1n) is 6.46. The van der Waals surface area contributed by atoms with Crippen LogP contribution in [0.4, 0.5) is 4.79 Å². The highest BCUT2D eigenvalue weighted by molar-refractivity contribution is 5.76. The number of nitrogens with zero attached hydrogens (tertiary/aromatic N) is 1. The van der Waals surface area contributed by atoms with Crippen LogP contribution in [0.1, 0.15) is 53.4 Å². The Labute approximate surface area is 109 Å². The molecule has 0 saturated carbocycles. The predicted octanol–water partition coefficient (Wildman–Crippen LogP) is 2.21. The van der Waals surface area contributed by atoms with Crippen molar-refractivity contribution < 1.29 is 14.7 Å². The summed E-state index contributed by atoms with van der Waals surface area (Å²) in [5.41, 5.74) is -0.596. The third-order valence-electron chi connectivity index (χ3n) is 3.56. The number of amides is 2. The number of carbonyl (C=O) groups excluding carboxylic acids is 1. The summed E-state index contributed by atoms with van der Waals surface area (Å²) >= 11 is 0. The van der Waals surface area contributed by atoms with Crippen LogP contribution in [-0.4, -0.2) is 39.6 Å². The Hall–Kier alpha value is -1.26. The molecule has 0 aromatic carbocycles. The molecule has 0 aromatic heterocycles. The Morgan fingerprint density at radius 2 is 2.00 bits per heavy atom. The van der Waals surface area contributed by atoms with Gasteiger partial charge in [-0.15, -0.1) is 0 Å². The largest absolute Gasteiger partial charge is 0.481 e. The van der Waals surface area contributed by atoms with Gasteiger partial charge >= 0.3 is 12.0 Å². The number of rotatable bonds is 4. The van der Waals surface area contributed by atoms with E-state index in [0.717, 1.165) is 19.4 Å². The molecule has 0 radical (unpaired) electrons. The van der Waals surface area contributed by atoms with Crippen LogP contribution in [0, 0.1) is 0 Å². The maximum Gasteiger partial charge on any atom is 0.318 e. The zero-order valence-corrected chi connectivity index (χ0v) is 11.7. The SMILES string of the molecule is CC(C)(CCC(=O)O)NC(=O)N1CCCC1(C)C. The van der Waals surface area contributed by atoms with Crippen LogP contribution in [0.25, 0.3) is 0 Å². The minimum atomic E-state index is -0.834. The maximum atomic E-state index is 12.2. The van der Waals surface area contributed by atoms with Gasteiger partial charge in [-0.3, -0.25) is 4.79 Å². The molecular formula is C13H24N2O3. The van der Waals surface area contributed by atoms with Gasteiger partial charge in [0.25, 0.3) is 0 Å². The van der Waals surface area contributed by atoms with Gasteiger partial charge in [0.15, 0.2) is 0 Å². The smallest absolute Gasteiger partial charge is 0.318 e. The van der Waals surface area contributed by atoms with E-state index in [1.165, 1.54) is 0 Å². The molecule has 0 bridgehead atoms. The summed E-state index contributed by atoms with van der Waals surface area (Å²) in [6.45, 7) is 8.61. The normalized spacial score (nSPS) is 18.8. The lowest BCUT2D eigenvalue weighted by atomic mass is 9.98. The van der Waals surface area contributed by atoms with E-state index >= 15 is 0 Å². The summed E-state index contributed by atoms with van der Waals surface area (Å²) in [6, 6.07) is -0.0899. The quantitative estimate of drug-likeness (QED) is 0.810. The Morgan fingerprint density at radius 3 is 2.44 bits per heavy atom. The van der Waals surface area contributed by atoms with Crippen LogP contribution in [0.5, 0.6) is 0 Å². The van der Waals surface area contributed by atoms with E-state index < -0.39 is 11.5 Å². The minimum Gasteiger partial charge on any atom is -0.481 e. The van der Waals surface area contributed by atoms with E-state index in [0.29, 0.717) is 6.42 Å². The maximum absolute atomic E-state index is 12.2. The number of carboxylic acid groups (broad SMARTS) is 1. The molecule has 1 fully saturated rings. The van der Waals surface area contributed by atoms with Gasteiger partial charge < -0.3 is 15.3 Å². The molecule has 0 atom stereocenters. The molecule has 1 aliphatic rings. The molecule has 2 N–H and O–H groups in total. The molecule has 0 unspecified atom stereocenters. The fraction of sp³-hybridized carbons (Fsp3) is 0.846. The van der Waals surface area contributed by atoms with E-state index in [9.17, 15) is 9.59 Å². The van der Waals surface area contributed by atoms with E-state index in [2.05, 4.69) is 19.2 Å². The predicted molar refractivity (Wildman–Crippen MR) is 69.5 cm³/mol. The van der Waals surface area contributed by atoms with Crippen molar-refractivity contribution in [2.45, 2.75) is 64.5 Å². The number of carbonyl (C=O) groups is 2.